The van der Waals surface area contributed by atoms with Crippen molar-refractivity contribution in [1.82, 2.24) is 0 Å². The van der Waals surface area contributed by atoms with Crippen molar-refractivity contribution in [3.63, 3.8) is 0 Å². The van der Waals surface area contributed by atoms with Crippen LogP contribution in [0.5, 0.6) is 0 Å². The van der Waals surface area contributed by atoms with Gasteiger partial charge in [0.25, 0.3) is 0 Å². The highest BCUT2D eigenvalue weighted by molar-refractivity contribution is 6.74. The van der Waals surface area contributed by atoms with Crippen molar-refractivity contribution in [2.24, 2.45) is 0 Å². The highest BCUT2D eigenvalue weighted by atomic mass is 28.4. The summed E-state index contributed by atoms with van der Waals surface area (Å²) in [6.45, 7) is 18.8. The Bertz CT molecular complexity index is 1160. The van der Waals surface area contributed by atoms with Crippen LogP contribution >= 0.6 is 0 Å². The molecule has 0 radical (unpaired) electrons. The highest BCUT2D eigenvalue weighted by Crippen LogP contribution is 2.56. The number of carbonyl (C=O) groups excluding carboxylic acids is 1. The lowest BCUT2D eigenvalue weighted by Gasteiger charge is -2.42. The van der Waals surface area contributed by atoms with Gasteiger partial charge < -0.3 is 9.53 Å². The van der Waals surface area contributed by atoms with Crippen LogP contribution in [0.3, 0.4) is 0 Å². The molecule has 4 rings (SSSR count). The highest BCUT2D eigenvalue weighted by Gasteiger charge is 2.67. The Labute approximate surface area is 197 Å². The summed E-state index contributed by atoms with van der Waals surface area (Å²) in [4.78, 5) is 17.4. The van der Waals surface area contributed by atoms with Crippen molar-refractivity contribution >= 4 is 25.5 Å². The Morgan fingerprint density at radius 3 is 2.27 bits per heavy atom. The van der Waals surface area contributed by atoms with E-state index in [0.29, 0.717) is 24.2 Å². The van der Waals surface area contributed by atoms with Crippen LogP contribution < -0.4 is 5.11 Å². The molecule has 6 heteroatoms. The number of rotatable bonds is 4. The molecule has 0 aromatic heterocycles. The minimum absolute atomic E-state index is 0.0211. The van der Waals surface area contributed by atoms with Gasteiger partial charge in [-0.15, -0.1) is 0 Å². The molecule has 0 bridgehead atoms. The minimum Gasteiger partial charge on any atom is -0.870 e. The fourth-order valence-corrected chi connectivity index (χ4v) is 6.50. The van der Waals surface area contributed by atoms with Crippen molar-refractivity contribution < 1.29 is 18.8 Å². The SMILES string of the molecule is [C-]#[N+]c1ccc([C@]23C[C@H](O[Si](C)(C)C(C)(C)C)C[N@@+]2(C)C(=O)C(c2ccccc2)=C3[O-])cc1. The molecule has 2 aromatic rings. The number of carbonyl (C=O) groups is 1. The van der Waals surface area contributed by atoms with Gasteiger partial charge in [0, 0.05) is 12.0 Å². The molecule has 3 atom stereocenters. The first-order valence-electron chi connectivity index (χ1n) is 11.4. The number of benzene rings is 2. The Morgan fingerprint density at radius 1 is 1.12 bits per heavy atom. The summed E-state index contributed by atoms with van der Waals surface area (Å²) in [5.74, 6) is -0.292. The largest absolute Gasteiger partial charge is 0.870 e. The molecule has 33 heavy (non-hydrogen) atoms. The molecule has 0 aliphatic carbocycles. The molecule has 172 valence electrons. The predicted molar refractivity (Wildman–Crippen MR) is 130 cm³/mol. The van der Waals surface area contributed by atoms with Crippen LogP contribution in [-0.4, -0.2) is 38.4 Å². The average Bonchev–Trinajstić information content (AvgIpc) is 3.14. The van der Waals surface area contributed by atoms with Gasteiger partial charge >= 0.3 is 5.91 Å². The molecule has 1 amide bonds. The van der Waals surface area contributed by atoms with E-state index < -0.39 is 13.9 Å². The number of quaternary nitrogens is 1. The van der Waals surface area contributed by atoms with Gasteiger partial charge in [-0.2, -0.15) is 0 Å². The maximum absolute atomic E-state index is 14.2. The summed E-state index contributed by atoms with van der Waals surface area (Å²) in [6.07, 6.45) is 0.260. The van der Waals surface area contributed by atoms with Gasteiger partial charge in [-0.25, -0.2) is 14.1 Å². The summed E-state index contributed by atoms with van der Waals surface area (Å²) in [5, 5.41) is 14.2. The number of likely N-dealkylation sites (N-methyl/N-ethyl adjacent to an activating group) is 1. The van der Waals surface area contributed by atoms with Crippen molar-refractivity contribution in [3.05, 3.63) is 82.9 Å². The van der Waals surface area contributed by atoms with E-state index in [0.717, 1.165) is 5.56 Å². The third kappa shape index (κ3) is 3.38. The van der Waals surface area contributed by atoms with Gasteiger partial charge in [0.2, 0.25) is 0 Å². The van der Waals surface area contributed by atoms with E-state index in [-0.39, 0.29) is 32.9 Å². The van der Waals surface area contributed by atoms with E-state index in [9.17, 15) is 9.90 Å². The second kappa shape index (κ2) is 7.66. The van der Waals surface area contributed by atoms with E-state index in [1.807, 2.05) is 49.5 Å². The minimum atomic E-state index is -2.10. The average molecular weight is 461 g/mol. The van der Waals surface area contributed by atoms with Crippen LogP contribution in [-0.2, 0) is 14.8 Å². The summed E-state index contributed by atoms with van der Waals surface area (Å²) < 4.78 is 6.73. The Hall–Kier alpha value is -2.72. The summed E-state index contributed by atoms with van der Waals surface area (Å²) >= 11 is 0. The fraction of sp³-hybridized carbons (Fsp3) is 0.407. The molecular formula is C27H32N2O3Si. The monoisotopic (exact) mass is 460 g/mol. The second-order valence-corrected chi connectivity index (χ2v) is 15.7. The van der Waals surface area contributed by atoms with Gasteiger partial charge in [-0.1, -0.05) is 75.4 Å². The number of nitrogens with zero attached hydrogens (tertiary/aromatic N) is 2. The number of amides is 1. The lowest BCUT2D eigenvalue weighted by molar-refractivity contribution is -0.875. The Morgan fingerprint density at radius 2 is 1.73 bits per heavy atom. The summed E-state index contributed by atoms with van der Waals surface area (Å²) in [7, 11) is -0.221. The summed E-state index contributed by atoms with van der Waals surface area (Å²) in [5.41, 5.74) is 1.19. The van der Waals surface area contributed by atoms with Crippen LogP contribution in [0.15, 0.2) is 60.4 Å². The van der Waals surface area contributed by atoms with Crippen LogP contribution in [0.25, 0.3) is 10.4 Å². The first-order chi connectivity index (χ1) is 15.4. The maximum Gasteiger partial charge on any atom is 0.346 e. The quantitative estimate of drug-likeness (QED) is 0.367. The standard InChI is InChI=1S/C27H32N2O3Si/c1-26(2,3)33(6,7)32-22-17-27(20-13-15-21(28-4)16-14-20)24(30)23(19-11-9-8-10-12-19)25(31)29(27,5)18-22/h8-16,22H,17-18H2,1-3,5-7H3/t22-,27-,29-/m0/s1. The van der Waals surface area contributed by atoms with E-state index in [2.05, 4.69) is 38.7 Å². The topological polar surface area (TPSA) is 53.7 Å². The van der Waals surface area contributed by atoms with Crippen LogP contribution in [0.2, 0.25) is 18.1 Å². The van der Waals surface area contributed by atoms with Crippen molar-refractivity contribution in [2.75, 3.05) is 13.6 Å². The molecule has 2 heterocycles. The van der Waals surface area contributed by atoms with E-state index in [1.54, 1.807) is 12.1 Å². The van der Waals surface area contributed by atoms with Crippen LogP contribution in [0, 0.1) is 6.57 Å². The molecule has 2 aliphatic rings. The predicted octanol–water partition coefficient (Wildman–Crippen LogP) is 4.99. The maximum atomic E-state index is 14.2. The van der Waals surface area contributed by atoms with E-state index >= 15 is 0 Å². The molecule has 0 spiro atoms. The smallest absolute Gasteiger partial charge is 0.346 e. The van der Waals surface area contributed by atoms with Gasteiger partial charge in [0.1, 0.15) is 18.2 Å². The van der Waals surface area contributed by atoms with Gasteiger partial charge in [-0.05, 0) is 29.5 Å². The van der Waals surface area contributed by atoms with Crippen molar-refractivity contribution in [2.45, 2.75) is 57.0 Å². The van der Waals surface area contributed by atoms with Gasteiger partial charge in [-0.3, -0.25) is 0 Å². The molecule has 1 fully saturated rings. The molecule has 2 aliphatic heterocycles. The van der Waals surface area contributed by atoms with Crippen molar-refractivity contribution in [3.8, 4) is 0 Å². The zero-order valence-corrected chi connectivity index (χ0v) is 21.3. The number of fused-ring (bicyclic) bond motifs is 1. The molecular weight excluding hydrogens is 428 g/mol. The molecule has 0 unspecified atom stereocenters. The molecule has 1 saturated heterocycles. The molecule has 2 aromatic carbocycles. The molecule has 5 nitrogen and oxygen atoms in total. The first-order valence-corrected chi connectivity index (χ1v) is 14.3. The number of hydrogen-bond donors (Lipinski definition) is 0. The van der Waals surface area contributed by atoms with Crippen molar-refractivity contribution in [1.29, 1.82) is 0 Å². The van der Waals surface area contributed by atoms with Gasteiger partial charge in [0.15, 0.2) is 14.0 Å². The summed E-state index contributed by atoms with van der Waals surface area (Å²) in [6, 6.07) is 16.4. The first kappa shape index (κ1) is 23.4. The molecule has 0 saturated carbocycles. The fourth-order valence-electron chi connectivity index (χ4n) is 5.16. The molecule has 0 N–H and O–H groups in total. The zero-order valence-electron chi connectivity index (χ0n) is 20.3. The lowest BCUT2D eigenvalue weighted by Crippen LogP contribution is -2.57. The van der Waals surface area contributed by atoms with E-state index in [4.69, 9.17) is 11.0 Å². The Kier molecular flexibility index (Phi) is 5.44. The van der Waals surface area contributed by atoms with Gasteiger partial charge in [0.05, 0.1) is 19.2 Å². The second-order valence-electron chi connectivity index (χ2n) is 11.0. The van der Waals surface area contributed by atoms with Crippen LogP contribution in [0.1, 0.15) is 38.3 Å². The Balaban J connectivity index is 1.88. The third-order valence-corrected chi connectivity index (χ3v) is 12.5. The van der Waals surface area contributed by atoms with E-state index in [1.165, 1.54) is 0 Å². The number of hydrogen-bond acceptors (Lipinski definition) is 3. The third-order valence-electron chi connectivity index (χ3n) is 8.00. The normalized spacial score (nSPS) is 27.5. The lowest BCUT2D eigenvalue weighted by atomic mass is 9.84. The van der Waals surface area contributed by atoms with Crippen LogP contribution in [0.4, 0.5) is 5.69 Å². The zero-order chi connectivity index (χ0) is 24.2.